The van der Waals surface area contributed by atoms with E-state index in [4.69, 9.17) is 0 Å². The molecule has 1 saturated heterocycles. The van der Waals surface area contributed by atoms with Crippen molar-refractivity contribution in [2.24, 2.45) is 0 Å². The van der Waals surface area contributed by atoms with Gasteiger partial charge in [0.25, 0.3) is 0 Å². The molecule has 0 bridgehead atoms. The molecule has 2 aromatic rings. The topological polar surface area (TPSA) is 41.1 Å². The molecule has 1 N–H and O–H groups in total. The van der Waals surface area contributed by atoms with Gasteiger partial charge in [-0.05, 0) is 30.7 Å². The summed E-state index contributed by atoms with van der Waals surface area (Å²) in [6.45, 7) is 6.11. The lowest BCUT2D eigenvalue weighted by Gasteiger charge is -2.29. The normalized spacial score (nSPS) is 15.4. The standard InChI is InChI=1S/C15H17BrN4/c1-11-9-14(12-3-2-4-13(16)10-12)18-19-15(11)20-7-5-17-6-8-20/h2-4,9-10,17H,5-8H2,1H3. The van der Waals surface area contributed by atoms with Crippen molar-refractivity contribution >= 4 is 21.7 Å². The first-order valence-corrected chi connectivity index (χ1v) is 7.59. The molecule has 0 radical (unpaired) electrons. The average molecular weight is 333 g/mol. The second kappa shape index (κ2) is 5.89. The van der Waals surface area contributed by atoms with Gasteiger partial charge >= 0.3 is 0 Å². The summed E-state index contributed by atoms with van der Waals surface area (Å²) in [5, 5.41) is 12.2. The molecule has 5 heteroatoms. The lowest BCUT2D eigenvalue weighted by molar-refractivity contribution is 0.581. The Balaban J connectivity index is 1.90. The Morgan fingerprint density at radius 1 is 1.15 bits per heavy atom. The zero-order valence-electron chi connectivity index (χ0n) is 11.4. The number of aryl methyl sites for hydroxylation is 1. The van der Waals surface area contributed by atoms with E-state index in [0.29, 0.717) is 0 Å². The molecule has 0 saturated carbocycles. The molecule has 104 valence electrons. The Morgan fingerprint density at radius 2 is 1.95 bits per heavy atom. The van der Waals surface area contributed by atoms with Crippen molar-refractivity contribution in [2.75, 3.05) is 31.1 Å². The SMILES string of the molecule is Cc1cc(-c2cccc(Br)c2)nnc1N1CCNCC1. The van der Waals surface area contributed by atoms with Crippen LogP contribution >= 0.6 is 15.9 Å². The van der Waals surface area contributed by atoms with Crippen LogP contribution in [0.15, 0.2) is 34.8 Å². The molecule has 0 unspecified atom stereocenters. The Bertz CT molecular complexity index is 609. The average Bonchev–Trinajstić information content (AvgIpc) is 2.48. The van der Waals surface area contributed by atoms with Gasteiger partial charge in [-0.25, -0.2) is 0 Å². The fourth-order valence-corrected chi connectivity index (χ4v) is 2.86. The highest BCUT2D eigenvalue weighted by atomic mass is 79.9. The molecule has 0 amide bonds. The summed E-state index contributed by atoms with van der Waals surface area (Å²) >= 11 is 3.49. The summed E-state index contributed by atoms with van der Waals surface area (Å²) in [6.07, 6.45) is 0. The van der Waals surface area contributed by atoms with E-state index >= 15 is 0 Å². The third kappa shape index (κ3) is 2.83. The summed E-state index contributed by atoms with van der Waals surface area (Å²) < 4.78 is 1.06. The molecule has 0 atom stereocenters. The predicted octanol–water partition coefficient (Wildman–Crippen LogP) is 2.62. The third-order valence-electron chi connectivity index (χ3n) is 3.50. The molecule has 1 aliphatic rings. The number of hydrogen-bond acceptors (Lipinski definition) is 4. The fourth-order valence-electron chi connectivity index (χ4n) is 2.46. The summed E-state index contributed by atoms with van der Waals surface area (Å²) in [5.41, 5.74) is 3.18. The molecule has 1 aromatic carbocycles. The maximum Gasteiger partial charge on any atom is 0.154 e. The Labute approximate surface area is 127 Å². The smallest absolute Gasteiger partial charge is 0.154 e. The number of piperazine rings is 1. The molecule has 20 heavy (non-hydrogen) atoms. The minimum atomic E-state index is 0.919. The van der Waals surface area contributed by atoms with Crippen LogP contribution in [-0.2, 0) is 0 Å². The van der Waals surface area contributed by atoms with Crippen LogP contribution < -0.4 is 10.2 Å². The number of anilines is 1. The number of benzene rings is 1. The lowest BCUT2D eigenvalue weighted by Crippen LogP contribution is -2.44. The number of nitrogens with one attached hydrogen (secondary N) is 1. The van der Waals surface area contributed by atoms with Crippen LogP contribution in [0.1, 0.15) is 5.56 Å². The maximum atomic E-state index is 4.44. The number of rotatable bonds is 2. The number of hydrogen-bond donors (Lipinski definition) is 1. The first kappa shape index (κ1) is 13.5. The molecule has 1 aliphatic heterocycles. The van der Waals surface area contributed by atoms with Gasteiger partial charge in [0.05, 0.1) is 5.69 Å². The molecule has 0 aliphatic carbocycles. The fraction of sp³-hybridized carbons (Fsp3) is 0.333. The Morgan fingerprint density at radius 3 is 2.65 bits per heavy atom. The first-order valence-electron chi connectivity index (χ1n) is 6.80. The summed E-state index contributed by atoms with van der Waals surface area (Å²) in [7, 11) is 0. The van der Waals surface area contributed by atoms with Gasteiger partial charge in [-0.1, -0.05) is 28.1 Å². The quantitative estimate of drug-likeness (QED) is 0.917. The van der Waals surface area contributed by atoms with Crippen molar-refractivity contribution in [3.63, 3.8) is 0 Å². The van der Waals surface area contributed by atoms with Crippen LogP contribution in [0.2, 0.25) is 0 Å². The van der Waals surface area contributed by atoms with Crippen molar-refractivity contribution in [3.05, 3.63) is 40.4 Å². The van der Waals surface area contributed by atoms with Gasteiger partial charge in [0.15, 0.2) is 5.82 Å². The van der Waals surface area contributed by atoms with Crippen molar-refractivity contribution in [2.45, 2.75) is 6.92 Å². The maximum absolute atomic E-state index is 4.44. The second-order valence-corrected chi connectivity index (χ2v) is 5.90. The summed E-state index contributed by atoms with van der Waals surface area (Å²) in [5.74, 6) is 1.00. The Hall–Kier alpha value is -1.46. The van der Waals surface area contributed by atoms with E-state index in [1.54, 1.807) is 0 Å². The van der Waals surface area contributed by atoms with E-state index in [0.717, 1.165) is 47.7 Å². The minimum absolute atomic E-state index is 0.919. The van der Waals surface area contributed by atoms with Crippen LogP contribution in [0.3, 0.4) is 0 Å². The van der Waals surface area contributed by atoms with Crippen molar-refractivity contribution < 1.29 is 0 Å². The van der Waals surface area contributed by atoms with E-state index < -0.39 is 0 Å². The van der Waals surface area contributed by atoms with Crippen LogP contribution in [0.5, 0.6) is 0 Å². The number of halogens is 1. The molecule has 2 heterocycles. The summed E-state index contributed by atoms with van der Waals surface area (Å²) in [4.78, 5) is 2.30. The molecular formula is C15H17BrN4. The van der Waals surface area contributed by atoms with Gasteiger partial charge < -0.3 is 10.2 Å². The van der Waals surface area contributed by atoms with Gasteiger partial charge in [-0.15, -0.1) is 10.2 Å². The largest absolute Gasteiger partial charge is 0.352 e. The lowest BCUT2D eigenvalue weighted by atomic mass is 10.1. The van der Waals surface area contributed by atoms with Gasteiger partial charge in [-0.3, -0.25) is 0 Å². The Kier molecular flexibility index (Phi) is 3.98. The monoisotopic (exact) mass is 332 g/mol. The molecule has 3 rings (SSSR count). The predicted molar refractivity (Wildman–Crippen MR) is 85.0 cm³/mol. The van der Waals surface area contributed by atoms with Crippen molar-refractivity contribution in [1.29, 1.82) is 0 Å². The minimum Gasteiger partial charge on any atom is -0.352 e. The van der Waals surface area contributed by atoms with E-state index in [-0.39, 0.29) is 0 Å². The summed E-state index contributed by atoms with van der Waals surface area (Å²) in [6, 6.07) is 10.3. The molecular weight excluding hydrogens is 316 g/mol. The van der Waals surface area contributed by atoms with Crippen LogP contribution in [-0.4, -0.2) is 36.4 Å². The van der Waals surface area contributed by atoms with Gasteiger partial charge in [0, 0.05) is 36.2 Å². The number of nitrogens with zero attached hydrogens (tertiary/aromatic N) is 3. The van der Waals surface area contributed by atoms with E-state index in [1.807, 2.05) is 12.1 Å². The molecule has 1 aromatic heterocycles. The van der Waals surface area contributed by atoms with E-state index in [2.05, 4.69) is 61.5 Å². The third-order valence-corrected chi connectivity index (χ3v) is 3.99. The van der Waals surface area contributed by atoms with Gasteiger partial charge in [0.2, 0.25) is 0 Å². The highest BCUT2D eigenvalue weighted by Crippen LogP contribution is 2.24. The number of aromatic nitrogens is 2. The zero-order chi connectivity index (χ0) is 13.9. The highest BCUT2D eigenvalue weighted by molar-refractivity contribution is 9.10. The highest BCUT2D eigenvalue weighted by Gasteiger charge is 2.15. The van der Waals surface area contributed by atoms with Crippen LogP contribution in [0.25, 0.3) is 11.3 Å². The molecule has 1 fully saturated rings. The van der Waals surface area contributed by atoms with Gasteiger partial charge in [-0.2, -0.15) is 0 Å². The van der Waals surface area contributed by atoms with E-state index in [9.17, 15) is 0 Å². The van der Waals surface area contributed by atoms with Crippen molar-refractivity contribution in [1.82, 2.24) is 15.5 Å². The zero-order valence-corrected chi connectivity index (χ0v) is 13.0. The van der Waals surface area contributed by atoms with E-state index in [1.165, 1.54) is 5.56 Å². The van der Waals surface area contributed by atoms with Crippen molar-refractivity contribution in [3.8, 4) is 11.3 Å². The molecule has 0 spiro atoms. The molecule has 4 nitrogen and oxygen atoms in total. The van der Waals surface area contributed by atoms with Crippen LogP contribution in [0, 0.1) is 6.92 Å². The first-order chi connectivity index (χ1) is 9.74. The van der Waals surface area contributed by atoms with Crippen LogP contribution in [0.4, 0.5) is 5.82 Å². The second-order valence-electron chi connectivity index (χ2n) is 4.98. The van der Waals surface area contributed by atoms with Gasteiger partial charge in [0.1, 0.15) is 0 Å².